The van der Waals surface area contributed by atoms with E-state index in [4.69, 9.17) is 0 Å². The number of hydrogen-bond acceptors (Lipinski definition) is 4. The molecule has 2 aromatic rings. The second-order valence-electron chi connectivity index (χ2n) is 6.10. The number of aromatic nitrogens is 1. The Hall–Kier alpha value is -1.65. The number of pyridine rings is 1. The van der Waals surface area contributed by atoms with Crippen molar-refractivity contribution in [2.75, 3.05) is 18.5 Å². The van der Waals surface area contributed by atoms with Crippen LogP contribution in [0.15, 0.2) is 30.3 Å². The number of benzene rings is 1. The van der Waals surface area contributed by atoms with Crippen molar-refractivity contribution in [1.82, 2.24) is 4.98 Å². The van der Waals surface area contributed by atoms with E-state index in [1.54, 1.807) is 0 Å². The van der Waals surface area contributed by atoms with Crippen molar-refractivity contribution in [2.24, 2.45) is 0 Å². The monoisotopic (exact) mass is 286 g/mol. The number of likely N-dealkylation sites (N-methyl/N-ethyl adjacent to an activating group) is 1. The molecule has 4 nitrogen and oxygen atoms in total. The third-order valence-corrected chi connectivity index (χ3v) is 4.39. The first-order valence-corrected chi connectivity index (χ1v) is 7.54. The van der Waals surface area contributed by atoms with Gasteiger partial charge in [0.2, 0.25) is 0 Å². The average molecular weight is 286 g/mol. The van der Waals surface area contributed by atoms with Gasteiger partial charge in [-0.1, -0.05) is 31.0 Å². The molecule has 0 aliphatic heterocycles. The lowest BCUT2D eigenvalue weighted by Gasteiger charge is -2.31. The first kappa shape index (κ1) is 14.3. The number of aliphatic hydroxyl groups excluding tert-OH is 1. The van der Waals surface area contributed by atoms with E-state index in [2.05, 4.69) is 9.88 Å². The molecule has 112 valence electrons. The van der Waals surface area contributed by atoms with Crippen LogP contribution in [0.1, 0.15) is 31.4 Å². The number of anilines is 1. The molecule has 3 rings (SSSR count). The summed E-state index contributed by atoms with van der Waals surface area (Å²) in [5.74, 6) is 0. The molecular formula is C17H22N2O2. The maximum Gasteiger partial charge on any atom is 0.0854 e. The van der Waals surface area contributed by atoms with E-state index < -0.39 is 5.60 Å². The molecule has 0 bridgehead atoms. The van der Waals surface area contributed by atoms with Gasteiger partial charge in [-0.05, 0) is 25.0 Å². The van der Waals surface area contributed by atoms with Crippen LogP contribution in [-0.4, -0.2) is 34.4 Å². The fourth-order valence-electron chi connectivity index (χ4n) is 3.32. The molecule has 1 saturated carbocycles. The van der Waals surface area contributed by atoms with Crippen LogP contribution >= 0.6 is 0 Å². The summed E-state index contributed by atoms with van der Waals surface area (Å²) in [4.78, 5) is 6.54. The summed E-state index contributed by atoms with van der Waals surface area (Å²) in [5.41, 5.74) is 1.97. The maximum absolute atomic E-state index is 10.6. The fourth-order valence-corrected chi connectivity index (χ4v) is 3.32. The first-order valence-electron chi connectivity index (χ1n) is 7.54. The maximum atomic E-state index is 10.6. The van der Waals surface area contributed by atoms with Crippen molar-refractivity contribution in [3.63, 3.8) is 0 Å². The number of rotatable bonds is 4. The van der Waals surface area contributed by atoms with Crippen molar-refractivity contribution >= 4 is 16.6 Å². The van der Waals surface area contributed by atoms with Crippen LogP contribution in [0.3, 0.4) is 0 Å². The van der Waals surface area contributed by atoms with Gasteiger partial charge in [0.25, 0.3) is 0 Å². The average Bonchev–Trinajstić information content (AvgIpc) is 2.92. The molecule has 0 amide bonds. The Balaban J connectivity index is 1.98. The fraction of sp³-hybridized carbons (Fsp3) is 0.471. The molecule has 1 fully saturated rings. The van der Waals surface area contributed by atoms with Crippen LogP contribution in [-0.2, 0) is 6.61 Å². The SMILES string of the molecule is CN(CC1(O)CCCC1)c1cc(CO)nc2ccccc12. The van der Waals surface area contributed by atoms with E-state index >= 15 is 0 Å². The third-order valence-electron chi connectivity index (χ3n) is 4.39. The minimum Gasteiger partial charge on any atom is -0.390 e. The molecule has 1 aliphatic carbocycles. The molecule has 1 aromatic heterocycles. The van der Waals surface area contributed by atoms with Crippen molar-refractivity contribution in [2.45, 2.75) is 37.9 Å². The smallest absolute Gasteiger partial charge is 0.0854 e. The summed E-state index contributed by atoms with van der Waals surface area (Å²) in [6, 6.07) is 9.85. The van der Waals surface area contributed by atoms with E-state index in [0.29, 0.717) is 12.2 Å². The number of fused-ring (bicyclic) bond motifs is 1. The highest BCUT2D eigenvalue weighted by Crippen LogP contribution is 2.33. The van der Waals surface area contributed by atoms with Gasteiger partial charge in [0.1, 0.15) is 0 Å². The molecular weight excluding hydrogens is 264 g/mol. The molecule has 1 aliphatic rings. The van der Waals surface area contributed by atoms with Crippen molar-refractivity contribution in [3.8, 4) is 0 Å². The first-order chi connectivity index (χ1) is 10.1. The largest absolute Gasteiger partial charge is 0.390 e. The molecule has 0 radical (unpaired) electrons. The Morgan fingerprint density at radius 2 is 1.95 bits per heavy atom. The lowest BCUT2D eigenvalue weighted by atomic mass is 10.0. The minimum atomic E-state index is -0.585. The zero-order chi connectivity index (χ0) is 14.9. The molecule has 2 N–H and O–H groups in total. The second kappa shape index (κ2) is 5.62. The van der Waals surface area contributed by atoms with Gasteiger partial charge in [0, 0.05) is 24.7 Å². The second-order valence-corrected chi connectivity index (χ2v) is 6.10. The van der Waals surface area contributed by atoms with E-state index in [1.807, 2.05) is 37.4 Å². The number of para-hydroxylation sites is 1. The van der Waals surface area contributed by atoms with Gasteiger partial charge in [0.05, 0.1) is 23.4 Å². The highest BCUT2D eigenvalue weighted by molar-refractivity contribution is 5.91. The Bertz CT molecular complexity index is 636. The van der Waals surface area contributed by atoms with E-state index in [-0.39, 0.29) is 6.61 Å². The van der Waals surface area contributed by atoms with Gasteiger partial charge in [-0.25, -0.2) is 0 Å². The summed E-state index contributed by atoms with van der Waals surface area (Å²) < 4.78 is 0. The molecule has 0 saturated heterocycles. The number of hydrogen-bond donors (Lipinski definition) is 2. The Kier molecular flexibility index (Phi) is 3.83. The Labute approximate surface area is 125 Å². The van der Waals surface area contributed by atoms with Crippen LogP contribution in [0.25, 0.3) is 10.9 Å². The summed E-state index contributed by atoms with van der Waals surface area (Å²) in [7, 11) is 2.00. The summed E-state index contributed by atoms with van der Waals surface area (Å²) in [5, 5.41) is 21.1. The number of nitrogens with zero attached hydrogens (tertiary/aromatic N) is 2. The van der Waals surface area contributed by atoms with Gasteiger partial charge in [-0.15, -0.1) is 0 Å². The minimum absolute atomic E-state index is 0.0735. The third kappa shape index (κ3) is 2.87. The predicted molar refractivity (Wildman–Crippen MR) is 84.4 cm³/mol. The Morgan fingerprint density at radius 1 is 1.24 bits per heavy atom. The molecule has 1 aromatic carbocycles. The molecule has 4 heteroatoms. The van der Waals surface area contributed by atoms with Gasteiger partial charge < -0.3 is 15.1 Å². The van der Waals surface area contributed by atoms with Crippen LogP contribution in [0.5, 0.6) is 0 Å². The zero-order valence-corrected chi connectivity index (χ0v) is 12.4. The van der Waals surface area contributed by atoms with Crippen molar-refractivity contribution in [3.05, 3.63) is 36.0 Å². The Morgan fingerprint density at radius 3 is 2.67 bits per heavy atom. The van der Waals surface area contributed by atoms with Gasteiger partial charge >= 0.3 is 0 Å². The normalized spacial score (nSPS) is 17.3. The standard InChI is InChI=1S/C17H22N2O2/c1-19(12-17(21)8-4-5-9-17)16-10-13(11-20)18-15-7-3-2-6-14(15)16/h2-3,6-7,10,20-21H,4-5,8-9,11-12H2,1H3. The summed E-state index contributed by atoms with van der Waals surface area (Å²) in [6.45, 7) is 0.543. The quantitative estimate of drug-likeness (QED) is 0.906. The van der Waals surface area contributed by atoms with Crippen LogP contribution < -0.4 is 4.90 Å². The van der Waals surface area contributed by atoms with Gasteiger partial charge in [0.15, 0.2) is 0 Å². The van der Waals surface area contributed by atoms with Gasteiger partial charge in [-0.2, -0.15) is 0 Å². The summed E-state index contributed by atoms with van der Waals surface area (Å²) >= 11 is 0. The number of aliphatic hydroxyl groups is 2. The van der Waals surface area contributed by atoms with Crippen molar-refractivity contribution in [1.29, 1.82) is 0 Å². The van der Waals surface area contributed by atoms with Crippen LogP contribution in [0.2, 0.25) is 0 Å². The topological polar surface area (TPSA) is 56.6 Å². The van der Waals surface area contributed by atoms with E-state index in [1.165, 1.54) is 0 Å². The van der Waals surface area contributed by atoms with Crippen LogP contribution in [0.4, 0.5) is 5.69 Å². The molecule has 21 heavy (non-hydrogen) atoms. The lowest BCUT2D eigenvalue weighted by Crippen LogP contribution is -2.39. The van der Waals surface area contributed by atoms with E-state index in [0.717, 1.165) is 42.3 Å². The molecule has 1 heterocycles. The van der Waals surface area contributed by atoms with Gasteiger partial charge in [-0.3, -0.25) is 4.98 Å². The molecule has 0 atom stereocenters. The summed E-state index contributed by atoms with van der Waals surface area (Å²) in [6.07, 6.45) is 3.94. The lowest BCUT2D eigenvalue weighted by molar-refractivity contribution is 0.0560. The highest BCUT2D eigenvalue weighted by atomic mass is 16.3. The van der Waals surface area contributed by atoms with Crippen LogP contribution in [0, 0.1) is 0 Å². The highest BCUT2D eigenvalue weighted by Gasteiger charge is 2.32. The zero-order valence-electron chi connectivity index (χ0n) is 12.4. The molecule has 0 unspecified atom stereocenters. The van der Waals surface area contributed by atoms with Crippen molar-refractivity contribution < 1.29 is 10.2 Å². The predicted octanol–water partition coefficient (Wildman–Crippen LogP) is 2.47. The molecule has 0 spiro atoms. The van der Waals surface area contributed by atoms with E-state index in [9.17, 15) is 10.2 Å².